The van der Waals surface area contributed by atoms with E-state index in [9.17, 15) is 9.59 Å². The molecular weight excluding hydrogens is 336 g/mol. The molecule has 0 bridgehead atoms. The van der Waals surface area contributed by atoms with Gasteiger partial charge in [0.2, 0.25) is 5.91 Å². The van der Waals surface area contributed by atoms with Gasteiger partial charge in [0.15, 0.2) is 0 Å². The zero-order valence-electron chi connectivity index (χ0n) is 15.1. The van der Waals surface area contributed by atoms with Crippen LogP contribution in [0.5, 0.6) is 0 Å². The van der Waals surface area contributed by atoms with Gasteiger partial charge in [0.05, 0.1) is 5.39 Å². The number of hydrogen-bond donors (Lipinski definition) is 2. The number of aromatic amines is 1. The lowest BCUT2D eigenvalue weighted by molar-refractivity contribution is -0.132. The number of hydrogen-bond acceptors (Lipinski definition) is 5. The van der Waals surface area contributed by atoms with Crippen molar-refractivity contribution in [3.05, 3.63) is 26.6 Å². The summed E-state index contributed by atoms with van der Waals surface area (Å²) >= 11 is 1.54. The molecule has 2 aromatic heterocycles. The Morgan fingerprint density at radius 3 is 3.00 bits per heavy atom. The first-order valence-corrected chi connectivity index (χ1v) is 9.72. The second kappa shape index (κ2) is 7.66. The first-order chi connectivity index (χ1) is 12.0. The van der Waals surface area contributed by atoms with Gasteiger partial charge in [-0.1, -0.05) is 0 Å². The highest BCUT2D eigenvalue weighted by molar-refractivity contribution is 7.18. The average Bonchev–Trinajstić information content (AvgIpc) is 2.88. The Labute approximate surface area is 151 Å². The third kappa shape index (κ3) is 3.93. The molecule has 1 aliphatic heterocycles. The summed E-state index contributed by atoms with van der Waals surface area (Å²) in [7, 11) is 1.95. The standard InChI is InChI=1S/C18H26N4O2S/c1-11-12(2)25-18-16(11)17(24)20-14(21-18)6-7-15(23)22-8-4-5-13(10-22)9-19-3/h13,19H,4-10H2,1-3H3,(H,20,21,24). The fraction of sp³-hybridized carbons (Fsp3) is 0.611. The van der Waals surface area contributed by atoms with Gasteiger partial charge in [-0.15, -0.1) is 11.3 Å². The topological polar surface area (TPSA) is 78.1 Å². The van der Waals surface area contributed by atoms with Crippen molar-refractivity contribution >= 4 is 27.5 Å². The maximum absolute atomic E-state index is 12.5. The summed E-state index contributed by atoms with van der Waals surface area (Å²) < 4.78 is 0. The van der Waals surface area contributed by atoms with Crippen molar-refractivity contribution in [1.29, 1.82) is 0 Å². The predicted octanol–water partition coefficient (Wildman–Crippen LogP) is 1.99. The number of amides is 1. The monoisotopic (exact) mass is 362 g/mol. The van der Waals surface area contributed by atoms with Crippen molar-refractivity contribution in [2.75, 3.05) is 26.7 Å². The number of aryl methyl sites for hydroxylation is 3. The Morgan fingerprint density at radius 1 is 1.44 bits per heavy atom. The molecule has 1 aliphatic rings. The van der Waals surface area contributed by atoms with E-state index < -0.39 is 0 Å². The highest BCUT2D eigenvalue weighted by Crippen LogP contribution is 2.25. The Bertz CT molecular complexity index is 824. The van der Waals surface area contributed by atoms with E-state index in [4.69, 9.17) is 0 Å². The molecule has 3 rings (SSSR count). The van der Waals surface area contributed by atoms with Gasteiger partial charge in [-0.2, -0.15) is 0 Å². The lowest BCUT2D eigenvalue weighted by atomic mass is 9.97. The van der Waals surface area contributed by atoms with Crippen LogP contribution in [-0.4, -0.2) is 47.5 Å². The number of aromatic nitrogens is 2. The zero-order valence-corrected chi connectivity index (χ0v) is 16.0. The fourth-order valence-electron chi connectivity index (χ4n) is 3.55. The fourth-order valence-corrected chi connectivity index (χ4v) is 4.60. The van der Waals surface area contributed by atoms with Crippen LogP contribution in [0.25, 0.3) is 10.2 Å². The minimum atomic E-state index is -0.0960. The first-order valence-electron chi connectivity index (χ1n) is 8.91. The van der Waals surface area contributed by atoms with E-state index in [1.54, 1.807) is 11.3 Å². The summed E-state index contributed by atoms with van der Waals surface area (Å²) in [6, 6.07) is 0. The summed E-state index contributed by atoms with van der Waals surface area (Å²) in [5.74, 6) is 1.30. The van der Waals surface area contributed by atoms with Gasteiger partial charge in [-0.3, -0.25) is 9.59 Å². The van der Waals surface area contributed by atoms with Gasteiger partial charge in [-0.05, 0) is 51.8 Å². The minimum absolute atomic E-state index is 0.0960. The number of likely N-dealkylation sites (tertiary alicyclic amines) is 1. The number of nitrogens with zero attached hydrogens (tertiary/aromatic N) is 2. The Kier molecular flexibility index (Phi) is 5.54. The zero-order chi connectivity index (χ0) is 18.0. The van der Waals surface area contributed by atoms with Crippen molar-refractivity contribution in [2.45, 2.75) is 39.5 Å². The second-order valence-corrected chi connectivity index (χ2v) is 8.08. The smallest absolute Gasteiger partial charge is 0.259 e. The number of carbonyl (C=O) groups excluding carboxylic acids is 1. The number of thiophene rings is 1. The Hall–Kier alpha value is -1.73. The first kappa shape index (κ1) is 18.1. The number of nitrogens with one attached hydrogen (secondary N) is 2. The van der Waals surface area contributed by atoms with Crippen molar-refractivity contribution in [1.82, 2.24) is 20.2 Å². The van der Waals surface area contributed by atoms with E-state index in [0.29, 0.717) is 30.0 Å². The lowest BCUT2D eigenvalue weighted by Crippen LogP contribution is -2.42. The molecule has 0 aromatic carbocycles. The van der Waals surface area contributed by atoms with Crippen LogP contribution in [0.2, 0.25) is 0 Å². The molecule has 2 N–H and O–H groups in total. The van der Waals surface area contributed by atoms with Crippen molar-refractivity contribution in [3.63, 3.8) is 0 Å². The van der Waals surface area contributed by atoms with Crippen LogP contribution in [-0.2, 0) is 11.2 Å². The van der Waals surface area contributed by atoms with Gasteiger partial charge in [-0.25, -0.2) is 4.98 Å². The number of carbonyl (C=O) groups is 1. The van der Waals surface area contributed by atoms with Gasteiger partial charge < -0.3 is 15.2 Å². The molecule has 0 spiro atoms. The van der Waals surface area contributed by atoms with Gasteiger partial charge >= 0.3 is 0 Å². The van der Waals surface area contributed by atoms with Crippen LogP contribution in [0, 0.1) is 19.8 Å². The lowest BCUT2D eigenvalue weighted by Gasteiger charge is -2.32. The van der Waals surface area contributed by atoms with E-state index >= 15 is 0 Å². The number of H-pyrrole nitrogens is 1. The molecule has 6 nitrogen and oxygen atoms in total. The van der Waals surface area contributed by atoms with Crippen molar-refractivity contribution in [2.24, 2.45) is 5.92 Å². The van der Waals surface area contributed by atoms with Gasteiger partial charge in [0.25, 0.3) is 5.56 Å². The minimum Gasteiger partial charge on any atom is -0.342 e. The molecule has 1 unspecified atom stereocenters. The van der Waals surface area contributed by atoms with Crippen LogP contribution in [0.15, 0.2) is 4.79 Å². The van der Waals surface area contributed by atoms with Crippen LogP contribution in [0.4, 0.5) is 0 Å². The summed E-state index contributed by atoms with van der Waals surface area (Å²) in [6.45, 7) is 6.57. The average molecular weight is 362 g/mol. The van der Waals surface area contributed by atoms with Gasteiger partial charge in [0.1, 0.15) is 10.7 Å². The van der Waals surface area contributed by atoms with E-state index in [0.717, 1.165) is 41.3 Å². The largest absolute Gasteiger partial charge is 0.342 e. The third-order valence-corrected chi connectivity index (χ3v) is 6.13. The van der Waals surface area contributed by atoms with Gasteiger partial charge in [0, 0.05) is 30.8 Å². The number of piperidine rings is 1. The van der Waals surface area contributed by atoms with Crippen LogP contribution in [0.3, 0.4) is 0 Å². The molecule has 1 fully saturated rings. The van der Waals surface area contributed by atoms with E-state index in [1.165, 1.54) is 6.42 Å². The van der Waals surface area contributed by atoms with Crippen LogP contribution in [0.1, 0.15) is 35.5 Å². The van der Waals surface area contributed by atoms with E-state index in [2.05, 4.69) is 15.3 Å². The molecule has 3 heterocycles. The molecule has 2 aromatic rings. The summed E-state index contributed by atoms with van der Waals surface area (Å²) in [4.78, 5) is 36.1. The van der Waals surface area contributed by atoms with E-state index in [-0.39, 0.29) is 11.5 Å². The van der Waals surface area contributed by atoms with Crippen molar-refractivity contribution < 1.29 is 4.79 Å². The normalized spacial score (nSPS) is 18.0. The third-order valence-electron chi connectivity index (χ3n) is 5.03. The molecule has 0 radical (unpaired) electrons. The molecule has 1 saturated heterocycles. The summed E-state index contributed by atoms with van der Waals surface area (Å²) in [5.41, 5.74) is 0.904. The molecule has 0 aliphatic carbocycles. The Morgan fingerprint density at radius 2 is 2.24 bits per heavy atom. The highest BCUT2D eigenvalue weighted by atomic mass is 32.1. The highest BCUT2D eigenvalue weighted by Gasteiger charge is 2.23. The second-order valence-electron chi connectivity index (χ2n) is 6.88. The molecular formula is C18H26N4O2S. The molecule has 136 valence electrons. The summed E-state index contributed by atoms with van der Waals surface area (Å²) in [5, 5.41) is 3.88. The quantitative estimate of drug-likeness (QED) is 0.853. The molecule has 1 atom stereocenters. The maximum Gasteiger partial charge on any atom is 0.259 e. The molecule has 7 heteroatoms. The molecule has 0 saturated carbocycles. The van der Waals surface area contributed by atoms with Crippen molar-refractivity contribution in [3.8, 4) is 0 Å². The Balaban J connectivity index is 1.66. The van der Waals surface area contributed by atoms with Crippen LogP contribution < -0.4 is 10.9 Å². The van der Waals surface area contributed by atoms with E-state index in [1.807, 2.05) is 25.8 Å². The molecule has 1 amide bonds. The maximum atomic E-state index is 12.5. The predicted molar refractivity (Wildman–Crippen MR) is 101 cm³/mol. The molecule has 25 heavy (non-hydrogen) atoms. The summed E-state index contributed by atoms with van der Waals surface area (Å²) in [6.07, 6.45) is 3.11. The number of fused-ring (bicyclic) bond motifs is 1. The number of rotatable bonds is 5. The van der Waals surface area contributed by atoms with Crippen LogP contribution >= 0.6 is 11.3 Å². The SMILES string of the molecule is CNCC1CCCN(C(=O)CCc2nc3sc(C)c(C)c3c(=O)[nH]2)C1.